The normalized spacial score (nSPS) is 18.1. The average Bonchev–Trinajstić information content (AvgIpc) is 3.93. The van der Waals surface area contributed by atoms with Gasteiger partial charge >= 0.3 is 20.2 Å². The van der Waals surface area contributed by atoms with Crippen molar-refractivity contribution in [3.8, 4) is 12.1 Å². The van der Waals surface area contributed by atoms with E-state index < -0.39 is 25.3 Å². The Labute approximate surface area is 414 Å². The second-order valence-corrected chi connectivity index (χ2v) is 21.0. The summed E-state index contributed by atoms with van der Waals surface area (Å²) < 4.78 is 22.0. The van der Waals surface area contributed by atoms with Crippen LogP contribution in [0, 0.1) is 52.3 Å². The van der Waals surface area contributed by atoms with Gasteiger partial charge in [0.05, 0.1) is 49.9 Å². The number of aryl methyl sites for hydroxylation is 1. The summed E-state index contributed by atoms with van der Waals surface area (Å²) >= 11 is 0. The number of nitriles is 2. The highest BCUT2D eigenvalue weighted by Crippen LogP contribution is 2.33. The van der Waals surface area contributed by atoms with Gasteiger partial charge in [-0.2, -0.15) is 10.5 Å². The maximum atomic E-state index is 12.7. The number of fused-ring (bicyclic) bond motifs is 1. The lowest BCUT2D eigenvalue weighted by atomic mass is 9.85. The number of rotatable bonds is 23. The van der Waals surface area contributed by atoms with Crippen molar-refractivity contribution in [3.63, 3.8) is 0 Å². The molecule has 0 spiro atoms. The second-order valence-electron chi connectivity index (χ2n) is 21.0. The van der Waals surface area contributed by atoms with Crippen molar-refractivity contribution in [2.75, 3.05) is 69.6 Å². The molecule has 4 unspecified atom stereocenters. The monoisotopic (exact) mass is 950 g/mol. The van der Waals surface area contributed by atoms with Crippen molar-refractivity contribution in [3.05, 3.63) is 95.6 Å². The number of benzene rings is 3. The van der Waals surface area contributed by atoms with Crippen LogP contribution in [-0.2, 0) is 31.8 Å². The van der Waals surface area contributed by atoms with E-state index in [4.69, 9.17) is 29.4 Å². The van der Waals surface area contributed by atoms with Crippen molar-refractivity contribution < 1.29 is 33.8 Å². The number of aliphatic hydroxyl groups excluding tert-OH is 1. The number of anilines is 2. The molecule has 4 N–H and O–H groups in total. The van der Waals surface area contributed by atoms with Gasteiger partial charge in [0.2, 0.25) is 0 Å². The number of hydrogen-bond acceptors (Lipinski definition) is 13. The van der Waals surface area contributed by atoms with Crippen LogP contribution < -0.4 is 20.3 Å². The average molecular weight is 950 g/mol. The molecule has 1 amide bonds. The zero-order valence-corrected chi connectivity index (χ0v) is 43.2. The fourth-order valence-electron chi connectivity index (χ4n) is 8.61. The van der Waals surface area contributed by atoms with E-state index >= 15 is 0 Å². The first-order valence-corrected chi connectivity index (χ1v) is 24.8. The largest absolute Gasteiger partial charge is 0.443 e. The van der Waals surface area contributed by atoms with Gasteiger partial charge in [-0.05, 0) is 111 Å². The van der Waals surface area contributed by atoms with E-state index in [-0.39, 0.29) is 36.2 Å². The highest BCUT2D eigenvalue weighted by Gasteiger charge is 2.44. The van der Waals surface area contributed by atoms with Crippen LogP contribution in [-0.4, -0.2) is 120 Å². The number of aliphatic hydroxyl groups is 1. The van der Waals surface area contributed by atoms with Gasteiger partial charge in [-0.25, -0.2) is 4.79 Å². The lowest BCUT2D eigenvalue weighted by Gasteiger charge is -2.33. The molecule has 0 aliphatic carbocycles. The van der Waals surface area contributed by atoms with Gasteiger partial charge in [-0.3, -0.25) is 4.90 Å². The topological polar surface area (TPSA) is 179 Å². The summed E-state index contributed by atoms with van der Waals surface area (Å²) in [6.45, 7) is 22.8. The van der Waals surface area contributed by atoms with Crippen LogP contribution >= 0.6 is 0 Å². The molecule has 376 valence electrons. The van der Waals surface area contributed by atoms with Crippen molar-refractivity contribution in [2.45, 2.75) is 125 Å². The van der Waals surface area contributed by atoms with Crippen molar-refractivity contribution in [1.82, 2.24) is 15.5 Å². The summed E-state index contributed by atoms with van der Waals surface area (Å²) in [5, 5.41) is 44.0. The predicted molar refractivity (Wildman–Crippen MR) is 277 cm³/mol. The first-order valence-electron chi connectivity index (χ1n) is 24.8. The molecular formula is C53H81B2N7O7. The number of carbonyl (C=O) groups excluding carboxylic acids is 1. The Morgan fingerprint density at radius 2 is 1.59 bits per heavy atom. The van der Waals surface area contributed by atoms with Crippen LogP contribution in [0.2, 0.25) is 6.82 Å². The fourth-order valence-corrected chi connectivity index (χ4v) is 8.61. The summed E-state index contributed by atoms with van der Waals surface area (Å²) in [7, 11) is 3.77. The Hall–Kier alpha value is -4.64. The van der Waals surface area contributed by atoms with Gasteiger partial charge in [-0.15, -0.1) is 0 Å². The van der Waals surface area contributed by atoms with E-state index in [2.05, 4.69) is 105 Å². The number of hydrogen-bond donors (Lipinski definition) is 4. The van der Waals surface area contributed by atoms with E-state index in [1.54, 1.807) is 6.82 Å². The highest BCUT2D eigenvalue weighted by atomic mass is 16.7. The van der Waals surface area contributed by atoms with Gasteiger partial charge < -0.3 is 49.3 Å². The van der Waals surface area contributed by atoms with E-state index in [1.807, 2.05) is 73.4 Å². The number of carbonyl (C=O) groups is 1. The molecule has 3 saturated heterocycles. The molecule has 5 atom stereocenters. The van der Waals surface area contributed by atoms with Crippen LogP contribution in [0.5, 0.6) is 0 Å². The van der Waals surface area contributed by atoms with Gasteiger partial charge in [0, 0.05) is 56.9 Å². The van der Waals surface area contributed by atoms with Crippen molar-refractivity contribution in [1.29, 1.82) is 10.5 Å². The molecule has 3 aromatic carbocycles. The molecule has 3 aliphatic rings. The standard InChI is InChI=1S/C24H35N3O5.C20H32BN3O.C9H14BNO/c1-24(2,10-6-11-25)16-26-14-20(28)19(13-17-7-4-3-5-8-17)27-23(29)32-21-15-31-22-18(21)9-12-30-22;1-17(2)13-24(15-20(3,4)10-7-11-22)14-18-8-6-9-19(12-18)23(5)21-16-25-21;1-8-5-4-6-9(7-8)11(3)10(2)12/h3-5,7-8,18-22,26,28H,6,9-10,12-16H2,1-2H3,(H,27,29);6,8-9,12,17H,7,10,13-16H2,1-5H3;4-7,12H,1-3H3/t18?,19-,20?,21?,22?;;/m0../s1. The number of nitrogens with zero attached hydrogens (tertiary/aromatic N) is 5. The molecule has 0 bridgehead atoms. The van der Waals surface area contributed by atoms with Crippen molar-refractivity contribution in [2.24, 2.45) is 22.7 Å². The fraction of sp³-hybridized carbons (Fsp3) is 0.604. The molecule has 6 rings (SSSR count). The second kappa shape index (κ2) is 28.3. The van der Waals surface area contributed by atoms with E-state index in [9.17, 15) is 14.9 Å². The summed E-state index contributed by atoms with van der Waals surface area (Å²) in [5.41, 5.74) is 5.92. The number of amides is 1. The molecule has 3 fully saturated rings. The number of nitrogens with one attached hydrogen (secondary N) is 2. The maximum absolute atomic E-state index is 12.7. The summed E-state index contributed by atoms with van der Waals surface area (Å²) in [6, 6.07) is 30.5. The molecule has 0 aromatic heterocycles. The van der Waals surface area contributed by atoms with Crippen LogP contribution in [0.4, 0.5) is 16.2 Å². The number of ether oxygens (including phenoxy) is 3. The Bertz CT molecular complexity index is 2060. The zero-order valence-electron chi connectivity index (χ0n) is 43.2. The minimum atomic E-state index is -0.808. The lowest BCUT2D eigenvalue weighted by Crippen LogP contribution is -2.50. The van der Waals surface area contributed by atoms with Gasteiger partial charge in [0.15, 0.2) is 6.29 Å². The molecule has 0 saturated carbocycles. The highest BCUT2D eigenvalue weighted by molar-refractivity contribution is 6.64. The Morgan fingerprint density at radius 3 is 2.23 bits per heavy atom. The quantitative estimate of drug-likeness (QED) is 0.0534. The SMILES string of the molecule is CB(O)N(C)c1cccc(C)c1.CC(C)(CCC#N)CNCC(O)[C@H](Cc1ccccc1)NC(=O)OC1COC2OCCC12.CC(C)CN(Cc1cccc(N(C)B2CO2)c1)CC(C)(C)CCC#N. The Balaban J connectivity index is 0.000000248. The summed E-state index contributed by atoms with van der Waals surface area (Å²) in [5.74, 6) is 0.688. The third-order valence-corrected chi connectivity index (χ3v) is 12.8. The molecule has 0 radical (unpaired) electrons. The van der Waals surface area contributed by atoms with Crippen LogP contribution in [0.25, 0.3) is 0 Å². The minimum Gasteiger partial charge on any atom is -0.443 e. The number of alkyl carbamates (subject to hydrolysis) is 1. The minimum absolute atomic E-state index is 0.0564. The molecule has 69 heavy (non-hydrogen) atoms. The molecule has 16 heteroatoms. The Kier molecular flexibility index (Phi) is 23.3. The molecule has 14 nitrogen and oxygen atoms in total. The van der Waals surface area contributed by atoms with E-state index in [0.717, 1.165) is 56.7 Å². The summed E-state index contributed by atoms with van der Waals surface area (Å²) in [6.07, 6.45) is 2.15. The van der Waals surface area contributed by atoms with Crippen LogP contribution in [0.15, 0.2) is 78.9 Å². The third kappa shape index (κ3) is 20.7. The molecule has 3 aromatic rings. The van der Waals surface area contributed by atoms with Gasteiger partial charge in [-0.1, -0.05) is 96.1 Å². The Morgan fingerprint density at radius 1 is 0.942 bits per heavy atom. The smallest absolute Gasteiger partial charge is 0.440 e. The van der Waals surface area contributed by atoms with Crippen LogP contribution in [0.3, 0.4) is 0 Å². The first-order chi connectivity index (χ1) is 32.8. The van der Waals surface area contributed by atoms with Gasteiger partial charge in [0.1, 0.15) is 6.10 Å². The van der Waals surface area contributed by atoms with Crippen molar-refractivity contribution >= 4 is 31.6 Å². The van der Waals surface area contributed by atoms with E-state index in [0.29, 0.717) is 51.5 Å². The zero-order chi connectivity index (χ0) is 50.6. The van der Waals surface area contributed by atoms with Gasteiger partial charge in [0.25, 0.3) is 0 Å². The third-order valence-electron chi connectivity index (χ3n) is 12.8. The lowest BCUT2D eigenvalue weighted by molar-refractivity contribution is -0.0907. The van der Waals surface area contributed by atoms with E-state index in [1.165, 1.54) is 16.8 Å². The first kappa shape index (κ1) is 56.9. The molecule has 3 heterocycles. The molecular weight excluding hydrogens is 868 g/mol. The summed E-state index contributed by atoms with van der Waals surface area (Å²) in [4.78, 5) is 19.2. The predicted octanol–water partition coefficient (Wildman–Crippen LogP) is 7.88. The maximum Gasteiger partial charge on any atom is 0.440 e. The molecule has 3 aliphatic heterocycles. The van der Waals surface area contributed by atoms with Crippen LogP contribution in [0.1, 0.15) is 90.3 Å².